The largest absolute Gasteiger partial charge is 0.452 e. The molecule has 0 N–H and O–H groups in total. The summed E-state index contributed by atoms with van der Waals surface area (Å²) in [5.74, 6) is 0.950. The maximum absolute atomic E-state index is 12.2. The standard InChI is InChI=1S/C11H14ClNO2S/c1-7-8(2)16-6-4-13(7)11(14)9-3-5-15-10(9)12/h3,5,7-8H,4,6H2,1-2H3. The Kier molecular flexibility index (Phi) is 3.50. The second-order valence-corrected chi connectivity index (χ2v) is 5.75. The van der Waals surface area contributed by atoms with Crippen molar-refractivity contribution in [3.63, 3.8) is 0 Å². The average Bonchev–Trinajstić information content (AvgIpc) is 2.68. The number of furan rings is 1. The first-order chi connectivity index (χ1) is 7.61. The van der Waals surface area contributed by atoms with E-state index in [0.29, 0.717) is 10.8 Å². The van der Waals surface area contributed by atoms with Crippen LogP contribution in [0.25, 0.3) is 0 Å². The normalized spacial score (nSPS) is 25.8. The van der Waals surface area contributed by atoms with Crippen molar-refractivity contribution in [1.82, 2.24) is 4.90 Å². The third kappa shape index (κ3) is 2.09. The van der Waals surface area contributed by atoms with Crippen molar-refractivity contribution >= 4 is 29.3 Å². The molecule has 1 amide bonds. The lowest BCUT2D eigenvalue weighted by Gasteiger charge is -2.37. The predicted octanol–water partition coefficient (Wildman–Crippen LogP) is 2.90. The fourth-order valence-electron chi connectivity index (χ4n) is 1.82. The molecule has 0 radical (unpaired) electrons. The van der Waals surface area contributed by atoms with Gasteiger partial charge in [0, 0.05) is 23.6 Å². The summed E-state index contributed by atoms with van der Waals surface area (Å²) in [6.45, 7) is 4.99. The van der Waals surface area contributed by atoms with Gasteiger partial charge < -0.3 is 9.32 Å². The number of carbonyl (C=O) groups is 1. The SMILES string of the molecule is CC1SCCN(C(=O)c2ccoc2Cl)C1C. The van der Waals surface area contributed by atoms with Crippen LogP contribution in [0.5, 0.6) is 0 Å². The molecule has 1 saturated heterocycles. The highest BCUT2D eigenvalue weighted by molar-refractivity contribution is 8.00. The van der Waals surface area contributed by atoms with Crippen molar-refractivity contribution in [2.45, 2.75) is 25.1 Å². The van der Waals surface area contributed by atoms with Gasteiger partial charge in [0.15, 0.2) is 0 Å². The van der Waals surface area contributed by atoms with Crippen LogP contribution in [0.2, 0.25) is 5.22 Å². The van der Waals surface area contributed by atoms with Gasteiger partial charge in [-0.2, -0.15) is 11.8 Å². The maximum atomic E-state index is 12.2. The Morgan fingerprint density at radius 2 is 2.38 bits per heavy atom. The van der Waals surface area contributed by atoms with Crippen molar-refractivity contribution in [3.8, 4) is 0 Å². The minimum atomic E-state index is -0.0293. The Hall–Kier alpha value is -0.610. The Morgan fingerprint density at radius 3 is 3.00 bits per heavy atom. The zero-order chi connectivity index (χ0) is 11.7. The molecule has 5 heteroatoms. The molecule has 16 heavy (non-hydrogen) atoms. The van der Waals surface area contributed by atoms with Gasteiger partial charge in [-0.3, -0.25) is 4.79 Å². The van der Waals surface area contributed by atoms with Gasteiger partial charge in [-0.15, -0.1) is 0 Å². The van der Waals surface area contributed by atoms with E-state index in [2.05, 4.69) is 13.8 Å². The summed E-state index contributed by atoms with van der Waals surface area (Å²) in [6, 6.07) is 1.86. The fraction of sp³-hybridized carbons (Fsp3) is 0.545. The van der Waals surface area contributed by atoms with E-state index in [4.69, 9.17) is 16.0 Å². The Balaban J connectivity index is 2.18. The third-order valence-corrected chi connectivity index (χ3v) is 4.62. The summed E-state index contributed by atoms with van der Waals surface area (Å²) in [5, 5.41) is 0.645. The summed E-state index contributed by atoms with van der Waals surface area (Å²) in [4.78, 5) is 14.1. The highest BCUT2D eigenvalue weighted by atomic mass is 35.5. The van der Waals surface area contributed by atoms with Gasteiger partial charge in [-0.25, -0.2) is 0 Å². The molecule has 0 aromatic carbocycles. The van der Waals surface area contributed by atoms with Gasteiger partial charge in [-0.05, 0) is 24.6 Å². The van der Waals surface area contributed by atoms with E-state index >= 15 is 0 Å². The summed E-state index contributed by atoms with van der Waals surface area (Å²) >= 11 is 7.72. The van der Waals surface area contributed by atoms with Crippen LogP contribution < -0.4 is 0 Å². The van der Waals surface area contributed by atoms with Crippen molar-refractivity contribution < 1.29 is 9.21 Å². The molecule has 88 valence electrons. The van der Waals surface area contributed by atoms with Gasteiger partial charge in [0.1, 0.15) is 0 Å². The van der Waals surface area contributed by atoms with Gasteiger partial charge in [0.25, 0.3) is 5.91 Å². The van der Waals surface area contributed by atoms with Crippen molar-refractivity contribution in [2.24, 2.45) is 0 Å². The molecule has 0 bridgehead atoms. The number of thioether (sulfide) groups is 1. The molecule has 2 rings (SSSR count). The first-order valence-corrected chi connectivity index (χ1v) is 6.69. The molecule has 0 saturated carbocycles. The molecule has 1 aromatic rings. The molecule has 1 aromatic heterocycles. The van der Waals surface area contributed by atoms with E-state index in [1.54, 1.807) is 6.07 Å². The van der Waals surface area contributed by atoms with E-state index in [1.165, 1.54) is 6.26 Å². The van der Waals surface area contributed by atoms with Crippen LogP contribution in [0, 0.1) is 0 Å². The Labute approximate surface area is 104 Å². The number of nitrogens with zero attached hydrogens (tertiary/aromatic N) is 1. The van der Waals surface area contributed by atoms with Crippen molar-refractivity contribution in [2.75, 3.05) is 12.3 Å². The van der Waals surface area contributed by atoms with Crippen molar-refractivity contribution in [3.05, 3.63) is 23.1 Å². The summed E-state index contributed by atoms with van der Waals surface area (Å²) in [5.41, 5.74) is 0.465. The molecular weight excluding hydrogens is 246 g/mol. The summed E-state index contributed by atoms with van der Waals surface area (Å²) in [6.07, 6.45) is 1.45. The van der Waals surface area contributed by atoms with Crippen LogP contribution in [0.15, 0.2) is 16.7 Å². The highest BCUT2D eigenvalue weighted by Crippen LogP contribution is 2.27. The van der Waals surface area contributed by atoms with Crippen LogP contribution in [-0.4, -0.2) is 34.4 Å². The zero-order valence-electron chi connectivity index (χ0n) is 9.27. The van der Waals surface area contributed by atoms with Crippen LogP contribution in [0.3, 0.4) is 0 Å². The molecule has 1 fully saturated rings. The quantitative estimate of drug-likeness (QED) is 0.778. The monoisotopic (exact) mass is 259 g/mol. The smallest absolute Gasteiger partial charge is 0.259 e. The lowest BCUT2D eigenvalue weighted by Crippen LogP contribution is -2.47. The number of rotatable bonds is 1. The first kappa shape index (κ1) is 11.9. The number of hydrogen-bond acceptors (Lipinski definition) is 3. The van der Waals surface area contributed by atoms with Gasteiger partial charge in [0.05, 0.1) is 11.8 Å². The van der Waals surface area contributed by atoms with Gasteiger partial charge >= 0.3 is 0 Å². The van der Waals surface area contributed by atoms with Crippen LogP contribution in [0.4, 0.5) is 0 Å². The number of carbonyl (C=O) groups excluding carboxylic acids is 1. The molecular formula is C11H14ClNO2S. The van der Waals surface area contributed by atoms with E-state index in [1.807, 2.05) is 16.7 Å². The average molecular weight is 260 g/mol. The van der Waals surface area contributed by atoms with E-state index < -0.39 is 0 Å². The molecule has 2 unspecified atom stereocenters. The Morgan fingerprint density at radius 1 is 1.62 bits per heavy atom. The maximum Gasteiger partial charge on any atom is 0.259 e. The zero-order valence-corrected chi connectivity index (χ0v) is 10.8. The van der Waals surface area contributed by atoms with Gasteiger partial charge in [-0.1, -0.05) is 6.92 Å². The lowest BCUT2D eigenvalue weighted by molar-refractivity contribution is 0.0697. The summed E-state index contributed by atoms with van der Waals surface area (Å²) in [7, 11) is 0. The molecule has 0 spiro atoms. The molecule has 1 aliphatic rings. The highest BCUT2D eigenvalue weighted by Gasteiger charge is 2.30. The minimum Gasteiger partial charge on any atom is -0.452 e. The third-order valence-electron chi connectivity index (χ3n) is 2.99. The predicted molar refractivity (Wildman–Crippen MR) is 66.1 cm³/mol. The van der Waals surface area contributed by atoms with E-state index in [0.717, 1.165) is 12.3 Å². The van der Waals surface area contributed by atoms with Crippen molar-refractivity contribution in [1.29, 1.82) is 0 Å². The van der Waals surface area contributed by atoms with E-state index in [-0.39, 0.29) is 17.2 Å². The van der Waals surface area contributed by atoms with Crippen LogP contribution in [-0.2, 0) is 0 Å². The van der Waals surface area contributed by atoms with E-state index in [9.17, 15) is 4.79 Å². The second kappa shape index (κ2) is 4.72. The molecule has 3 nitrogen and oxygen atoms in total. The fourth-order valence-corrected chi connectivity index (χ4v) is 3.12. The molecule has 2 atom stereocenters. The minimum absolute atomic E-state index is 0.0293. The molecule has 0 aliphatic carbocycles. The Bertz CT molecular complexity index is 393. The summed E-state index contributed by atoms with van der Waals surface area (Å²) < 4.78 is 4.95. The molecule has 1 aliphatic heterocycles. The number of halogens is 1. The second-order valence-electron chi connectivity index (χ2n) is 3.92. The lowest BCUT2D eigenvalue weighted by atomic mass is 10.1. The van der Waals surface area contributed by atoms with Gasteiger partial charge in [0.2, 0.25) is 5.22 Å². The number of amides is 1. The topological polar surface area (TPSA) is 33.5 Å². The van der Waals surface area contributed by atoms with Crippen LogP contribution in [0.1, 0.15) is 24.2 Å². The first-order valence-electron chi connectivity index (χ1n) is 5.27. The number of hydrogen-bond donors (Lipinski definition) is 0. The van der Waals surface area contributed by atoms with Crippen LogP contribution >= 0.6 is 23.4 Å². The molecule has 2 heterocycles.